The van der Waals surface area contributed by atoms with Gasteiger partial charge in [-0.2, -0.15) is 0 Å². The van der Waals surface area contributed by atoms with Crippen molar-refractivity contribution in [3.05, 3.63) is 193 Å². The number of carboxylic acids is 4. The highest BCUT2D eigenvalue weighted by molar-refractivity contribution is 7.16. The van der Waals surface area contributed by atoms with Crippen LogP contribution in [-0.4, -0.2) is 163 Å². The van der Waals surface area contributed by atoms with E-state index in [1.807, 2.05) is 13.8 Å². The fourth-order valence-corrected chi connectivity index (χ4v) is 15.3. The first-order chi connectivity index (χ1) is 51.2. The summed E-state index contributed by atoms with van der Waals surface area (Å²) in [7, 11) is 1.74. The van der Waals surface area contributed by atoms with Gasteiger partial charge in [-0.15, -0.1) is 56.7 Å². The molecule has 12 aromatic rings. The molecule has 0 atom stereocenters. The Morgan fingerprint density at radius 3 is 1.22 bits per heavy atom. The average molecular weight is 1520 g/mol. The number of amides is 4. The second-order valence-electron chi connectivity index (χ2n) is 23.1. The van der Waals surface area contributed by atoms with E-state index < -0.39 is 41.6 Å². The summed E-state index contributed by atoms with van der Waals surface area (Å²) >= 11 is 5.76. The van der Waals surface area contributed by atoms with Crippen molar-refractivity contribution in [2.75, 3.05) is 57.2 Å². The zero-order valence-corrected chi connectivity index (χ0v) is 60.6. The van der Waals surface area contributed by atoms with Gasteiger partial charge in [-0.05, 0) is 71.4 Å². The number of nitrogens with one attached hydrogen (secondary N) is 4. The van der Waals surface area contributed by atoms with Crippen LogP contribution in [0.4, 0.5) is 31.9 Å². The molecule has 14 heterocycles. The van der Waals surface area contributed by atoms with Crippen LogP contribution in [0, 0.1) is 20.8 Å². The van der Waals surface area contributed by atoms with Gasteiger partial charge in [-0.1, -0.05) is 0 Å². The van der Waals surface area contributed by atoms with Crippen LogP contribution in [0.5, 0.6) is 0 Å². The van der Waals surface area contributed by atoms with Crippen LogP contribution < -0.4 is 31.1 Å². The molecule has 0 spiro atoms. The third-order valence-corrected chi connectivity index (χ3v) is 20.5. The lowest BCUT2D eigenvalue weighted by molar-refractivity contribution is 0.0688. The summed E-state index contributed by atoms with van der Waals surface area (Å²) in [4.78, 5) is 155. The topological polar surface area (TPSA) is 445 Å². The molecular weight excluding hydrogens is 1460 g/mol. The molecule has 0 aliphatic carbocycles. The summed E-state index contributed by atoms with van der Waals surface area (Å²) in [5.74, 6) is -4.98. The minimum Gasteiger partial charge on any atom is -0.478 e. The van der Waals surface area contributed by atoms with Gasteiger partial charge >= 0.3 is 23.9 Å². The van der Waals surface area contributed by atoms with E-state index in [0.717, 1.165) is 97.2 Å². The van der Waals surface area contributed by atoms with Gasteiger partial charge in [0.05, 0.1) is 64.5 Å². The van der Waals surface area contributed by atoms with E-state index in [1.165, 1.54) is 92.5 Å². The molecule has 14 rings (SSSR count). The molecule has 32 nitrogen and oxygen atoms in total. The minimum absolute atomic E-state index is 0.00557. The van der Waals surface area contributed by atoms with Gasteiger partial charge in [0.1, 0.15) is 58.5 Å². The summed E-state index contributed by atoms with van der Waals surface area (Å²) in [6.45, 7) is 9.13. The Hall–Kier alpha value is -12.5. The second kappa shape index (κ2) is 34.7. The van der Waals surface area contributed by atoms with E-state index in [4.69, 9.17) is 0 Å². The van der Waals surface area contributed by atoms with E-state index >= 15 is 0 Å². The number of imidazole rings is 1. The van der Waals surface area contributed by atoms with Crippen molar-refractivity contribution in [1.29, 1.82) is 0 Å². The number of carboxylic acid groups (broad SMARTS) is 4. The Balaban J connectivity index is 0.000000142. The zero-order valence-electron chi connectivity index (χ0n) is 56.5. The maximum atomic E-state index is 12.5. The average Bonchev–Trinajstić information content (AvgIpc) is 1.64. The molecule has 0 unspecified atom stereocenters. The number of aromatic carboxylic acids is 4. The highest BCUT2D eigenvalue weighted by Crippen LogP contribution is 2.41. The molecule has 37 heteroatoms. The molecule has 12 aromatic heterocycles. The Labute approximate surface area is 622 Å². The highest BCUT2D eigenvalue weighted by Gasteiger charge is 2.29. The number of nitrogens with zero attached hydrogens (tertiary/aromatic N) is 16. The highest BCUT2D eigenvalue weighted by atomic mass is 32.1. The van der Waals surface area contributed by atoms with Crippen LogP contribution in [0.1, 0.15) is 138 Å². The predicted molar refractivity (Wildman–Crippen MR) is 399 cm³/mol. The molecule has 2 saturated heterocycles. The number of aryl methyl sites for hydroxylation is 4. The van der Waals surface area contributed by atoms with Crippen LogP contribution >= 0.6 is 56.7 Å². The lowest BCUT2D eigenvalue weighted by atomic mass is 10.0. The van der Waals surface area contributed by atoms with Crippen molar-refractivity contribution >= 4 is 136 Å². The van der Waals surface area contributed by atoms with Gasteiger partial charge in [0.15, 0.2) is 0 Å². The van der Waals surface area contributed by atoms with Crippen molar-refractivity contribution in [3.63, 3.8) is 0 Å². The Morgan fingerprint density at radius 2 is 0.830 bits per heavy atom. The number of thiazole rings is 1. The lowest BCUT2D eigenvalue weighted by Gasteiger charge is -2.26. The van der Waals surface area contributed by atoms with Crippen molar-refractivity contribution in [1.82, 2.24) is 69.4 Å². The van der Waals surface area contributed by atoms with Gasteiger partial charge in [0.2, 0.25) is 11.9 Å². The number of pyridine rings is 1. The Morgan fingerprint density at radius 1 is 0.406 bits per heavy atom. The van der Waals surface area contributed by atoms with Crippen molar-refractivity contribution in [2.45, 2.75) is 59.3 Å². The number of piperidine rings is 2. The molecule has 2 aliphatic rings. The first-order valence-electron chi connectivity index (χ1n) is 32.1. The molecular formula is C69H62N20O12S5. The summed E-state index contributed by atoms with van der Waals surface area (Å²) in [5, 5.41) is 56.8. The van der Waals surface area contributed by atoms with E-state index in [9.17, 15) is 58.8 Å². The molecule has 106 heavy (non-hydrogen) atoms. The number of carbonyl (C=O) groups is 8. The molecule has 0 saturated carbocycles. The van der Waals surface area contributed by atoms with E-state index in [0.29, 0.717) is 84.2 Å². The van der Waals surface area contributed by atoms with Crippen LogP contribution in [0.3, 0.4) is 0 Å². The fraction of sp³-hybridized carbons (Fsp3) is 0.203. The van der Waals surface area contributed by atoms with Crippen LogP contribution in [0.2, 0.25) is 0 Å². The van der Waals surface area contributed by atoms with Crippen molar-refractivity contribution < 1.29 is 58.8 Å². The van der Waals surface area contributed by atoms with Crippen LogP contribution in [0.15, 0.2) is 132 Å². The smallest absolute Gasteiger partial charge is 0.339 e. The summed E-state index contributed by atoms with van der Waals surface area (Å²) in [6.07, 6.45) is 29.4. The maximum Gasteiger partial charge on any atom is 0.339 e. The molecule has 540 valence electrons. The number of anilines is 6. The largest absolute Gasteiger partial charge is 0.478 e. The first kappa shape index (κ1) is 74.7. The van der Waals surface area contributed by atoms with E-state index in [-0.39, 0.29) is 59.6 Å². The standard InChI is InChI=1S/C21H21N5O3S.C20H20N6O3S.C14H11N5O3S.C14H10N4O3S2/c1-13-15(11-23-21(24-13)26-8-3-2-4-9-26)16-12-30-19(17(16)20(28)29)25-18(27)14-6-5-7-22-10-14;1-12-13(9-23-20(24-12)26-7-3-2-4-8-26)14-11-30-18(16(14)19(28)29)25-17(27)15-10-21-5-6-22-15;1-19-5-10(17-7-19)12(20)18-13-11(14(21)22)8(6-23-13)9-4-15-2-3-16-9;1-7-11(23-6-17-7)12(19)18-13-10(14(20)21)8(5-22-13)9-4-15-2-3-16-9/h5-7,10-12H,2-4,8-9H2,1H3,(H,25,27)(H,28,29);5-6,9-11H,2-4,7-8H2,1H3,(H,25,27)(H,28,29);2-7H,1H3,(H,18,20)(H,21,22);2-6H,1H3,(H,18,19)(H,20,21). The van der Waals surface area contributed by atoms with Crippen molar-refractivity contribution in [2.24, 2.45) is 7.05 Å². The number of thiophene rings is 4. The number of hydrogen-bond donors (Lipinski definition) is 8. The van der Waals surface area contributed by atoms with Crippen LogP contribution in [-0.2, 0) is 7.05 Å². The number of carbonyl (C=O) groups excluding carboxylic acids is 4. The quantitative estimate of drug-likeness (QED) is 0.0395. The first-order valence-corrected chi connectivity index (χ1v) is 36.5. The zero-order chi connectivity index (χ0) is 75.0. The third kappa shape index (κ3) is 17.9. The summed E-state index contributed by atoms with van der Waals surface area (Å²) in [5.41, 5.74) is 8.23. The number of aromatic nitrogens is 14. The van der Waals surface area contributed by atoms with Crippen LogP contribution in [0.25, 0.3) is 44.8 Å². The number of rotatable bonds is 18. The van der Waals surface area contributed by atoms with Gasteiger partial charge < -0.3 is 56.1 Å². The molecule has 2 fully saturated rings. The number of hydrogen-bond acceptors (Lipinski definition) is 28. The Kier molecular flexibility index (Phi) is 24.5. The predicted octanol–water partition coefficient (Wildman–Crippen LogP) is 11.9. The summed E-state index contributed by atoms with van der Waals surface area (Å²) < 4.78 is 1.63. The molecule has 0 bridgehead atoms. The lowest BCUT2D eigenvalue weighted by Crippen LogP contribution is -2.31. The summed E-state index contributed by atoms with van der Waals surface area (Å²) in [6, 6.07) is 3.27. The van der Waals surface area contributed by atoms with Gasteiger partial charge in [0.25, 0.3) is 23.6 Å². The van der Waals surface area contributed by atoms with Gasteiger partial charge in [-0.25, -0.2) is 54.1 Å². The minimum atomic E-state index is -1.15. The molecule has 4 amide bonds. The normalized spacial score (nSPS) is 12.4. The molecule has 8 N–H and O–H groups in total. The molecule has 0 radical (unpaired) electrons. The molecule has 0 aromatic carbocycles. The monoisotopic (exact) mass is 1520 g/mol. The second-order valence-corrected chi connectivity index (χ2v) is 27.5. The van der Waals surface area contributed by atoms with E-state index in [2.05, 4.69) is 95.9 Å². The van der Waals surface area contributed by atoms with E-state index in [1.54, 1.807) is 82.5 Å². The Bertz CT molecular complexity index is 5000. The van der Waals surface area contributed by atoms with Crippen molar-refractivity contribution in [3.8, 4) is 44.8 Å². The van der Waals surface area contributed by atoms with Gasteiger partial charge in [-0.3, -0.25) is 49.1 Å². The third-order valence-electron chi connectivity index (χ3n) is 16.0. The SMILES string of the molecule is Cc1nc(N2CCCCC2)ncc1-c1csc(NC(=O)c2cccnc2)c1C(=O)O.Cc1nc(N2CCCCC2)ncc1-c1csc(NC(=O)c2cnccn2)c1C(=O)O.Cc1ncsc1C(=O)Nc1scc(-c2cnccn2)c1C(=O)O.Cn1cnc(C(=O)Nc2scc(-c3cnccn3)c2C(=O)O)c1. The van der Waals surface area contributed by atoms with Gasteiger partial charge in [0, 0.05) is 156 Å². The maximum absolute atomic E-state index is 12.5. The fourth-order valence-electron chi connectivity index (χ4n) is 10.9. The molecule has 2 aliphatic heterocycles.